The highest BCUT2D eigenvalue weighted by atomic mass is 32.2. The van der Waals surface area contributed by atoms with Crippen LogP contribution in [0.2, 0.25) is 0 Å². The second-order valence-electron chi connectivity index (χ2n) is 5.16. The lowest BCUT2D eigenvalue weighted by atomic mass is 10.0. The molecule has 0 saturated heterocycles. The molecule has 0 spiro atoms. The zero-order chi connectivity index (χ0) is 16.3. The van der Waals surface area contributed by atoms with Crippen molar-refractivity contribution in [1.29, 1.82) is 0 Å². The Kier molecular flexibility index (Phi) is 4.26. The third kappa shape index (κ3) is 3.17. The Bertz CT molecular complexity index is 874. The summed E-state index contributed by atoms with van der Waals surface area (Å²) in [6.07, 6.45) is 0. The van der Waals surface area contributed by atoms with E-state index in [-0.39, 0.29) is 10.5 Å². The van der Waals surface area contributed by atoms with E-state index < -0.39 is 15.3 Å². The molecule has 1 unspecified atom stereocenters. The van der Waals surface area contributed by atoms with E-state index in [9.17, 15) is 12.8 Å². The van der Waals surface area contributed by atoms with Gasteiger partial charge in [-0.2, -0.15) is 0 Å². The Balaban J connectivity index is 1.90. The van der Waals surface area contributed by atoms with E-state index in [4.69, 9.17) is 0 Å². The molecule has 0 heterocycles. The zero-order valence-electron chi connectivity index (χ0n) is 12.3. The number of hydrogen-bond donors (Lipinski definition) is 0. The molecule has 0 fully saturated rings. The third-order valence-electron chi connectivity index (χ3n) is 3.62. The van der Waals surface area contributed by atoms with Gasteiger partial charge in [0.1, 0.15) is 0 Å². The molecule has 0 saturated carbocycles. The summed E-state index contributed by atoms with van der Waals surface area (Å²) in [5.74, 6) is 0. The largest absolute Gasteiger partial charge is 0.230 e. The van der Waals surface area contributed by atoms with Gasteiger partial charge in [-0.25, -0.2) is 12.8 Å². The van der Waals surface area contributed by atoms with Crippen molar-refractivity contribution >= 4 is 9.84 Å². The van der Waals surface area contributed by atoms with E-state index in [1.165, 1.54) is 24.3 Å². The molecule has 0 bridgehead atoms. The fourth-order valence-electron chi connectivity index (χ4n) is 2.37. The maximum absolute atomic E-state index is 14.5. The third-order valence-corrected chi connectivity index (χ3v) is 5.37. The summed E-state index contributed by atoms with van der Waals surface area (Å²) in [5, 5.41) is 0. The van der Waals surface area contributed by atoms with Gasteiger partial charge in [0.15, 0.2) is 0 Å². The normalized spacial score (nSPS) is 12.7. The smallest absolute Gasteiger partial charge is 0.224 e. The van der Waals surface area contributed by atoms with Crippen molar-refractivity contribution in [2.24, 2.45) is 0 Å². The summed E-state index contributed by atoms with van der Waals surface area (Å²) in [4.78, 5) is -0.0142. The van der Waals surface area contributed by atoms with Crippen LogP contribution >= 0.6 is 0 Å². The fourth-order valence-corrected chi connectivity index (χ4v) is 3.66. The molecule has 0 N–H and O–H groups in total. The van der Waals surface area contributed by atoms with E-state index in [1.54, 1.807) is 30.3 Å². The minimum absolute atomic E-state index is 0.0142. The summed E-state index contributed by atoms with van der Waals surface area (Å²) in [6, 6.07) is 23.8. The van der Waals surface area contributed by atoms with Crippen LogP contribution in [0.1, 0.15) is 11.1 Å². The monoisotopic (exact) mass is 326 g/mol. The average Bonchev–Trinajstić information content (AvgIpc) is 2.63. The van der Waals surface area contributed by atoms with Crippen LogP contribution in [0.5, 0.6) is 0 Å². The van der Waals surface area contributed by atoms with Gasteiger partial charge >= 0.3 is 0 Å². The maximum atomic E-state index is 14.5. The summed E-state index contributed by atoms with van der Waals surface area (Å²) in [7, 11) is -4.04. The lowest BCUT2D eigenvalue weighted by Gasteiger charge is -2.11. The standard InChI is InChI=1S/C19H15FO2S/c20-19(23(21,22)18-9-5-2-6-10-18)17-13-11-16(12-14-17)15-7-3-1-4-8-15/h1-14,19H. The Morgan fingerprint density at radius 1 is 0.652 bits per heavy atom. The molecule has 23 heavy (non-hydrogen) atoms. The molecule has 0 amide bonds. The lowest BCUT2D eigenvalue weighted by molar-refractivity contribution is 0.431. The number of rotatable bonds is 4. The topological polar surface area (TPSA) is 34.1 Å². The van der Waals surface area contributed by atoms with Crippen LogP contribution in [0.15, 0.2) is 89.8 Å². The van der Waals surface area contributed by atoms with Crippen LogP contribution in [0.25, 0.3) is 11.1 Å². The number of sulfone groups is 1. The van der Waals surface area contributed by atoms with Gasteiger partial charge in [0.2, 0.25) is 15.3 Å². The van der Waals surface area contributed by atoms with Crippen LogP contribution < -0.4 is 0 Å². The van der Waals surface area contributed by atoms with Crippen molar-refractivity contribution in [1.82, 2.24) is 0 Å². The van der Waals surface area contributed by atoms with E-state index in [0.29, 0.717) is 0 Å². The first-order chi connectivity index (χ1) is 11.1. The molecular formula is C19H15FO2S. The Morgan fingerprint density at radius 3 is 1.70 bits per heavy atom. The summed E-state index contributed by atoms with van der Waals surface area (Å²) in [5.41, 5.74) is -0.0257. The molecule has 0 radical (unpaired) electrons. The Hall–Kier alpha value is -2.46. The van der Waals surface area contributed by atoms with Crippen molar-refractivity contribution < 1.29 is 12.8 Å². The van der Waals surface area contributed by atoms with Crippen LogP contribution in [0.4, 0.5) is 4.39 Å². The predicted molar refractivity (Wildman–Crippen MR) is 89.4 cm³/mol. The second kappa shape index (κ2) is 6.34. The molecule has 4 heteroatoms. The maximum Gasteiger partial charge on any atom is 0.230 e. The molecule has 3 aromatic rings. The van der Waals surface area contributed by atoms with Gasteiger partial charge in [0.05, 0.1) is 4.90 Å². The van der Waals surface area contributed by atoms with Gasteiger partial charge in [-0.1, -0.05) is 72.8 Å². The summed E-state index contributed by atoms with van der Waals surface area (Å²) < 4.78 is 39.2. The van der Waals surface area contributed by atoms with Crippen molar-refractivity contribution in [3.63, 3.8) is 0 Å². The van der Waals surface area contributed by atoms with E-state index in [2.05, 4.69) is 0 Å². The van der Waals surface area contributed by atoms with Gasteiger partial charge in [0.25, 0.3) is 0 Å². The highest BCUT2D eigenvalue weighted by molar-refractivity contribution is 7.91. The molecule has 0 aliphatic rings. The summed E-state index contributed by atoms with van der Waals surface area (Å²) in [6.45, 7) is 0. The minimum atomic E-state index is -4.04. The zero-order valence-corrected chi connectivity index (χ0v) is 13.1. The second-order valence-corrected chi connectivity index (χ2v) is 7.14. The van der Waals surface area contributed by atoms with Crippen LogP contribution in [-0.4, -0.2) is 8.42 Å². The first-order valence-electron chi connectivity index (χ1n) is 7.17. The van der Waals surface area contributed by atoms with E-state index in [1.807, 2.05) is 30.3 Å². The van der Waals surface area contributed by atoms with Gasteiger partial charge in [-0.3, -0.25) is 0 Å². The molecule has 0 aromatic heterocycles. The van der Waals surface area contributed by atoms with Crippen molar-refractivity contribution in [2.75, 3.05) is 0 Å². The minimum Gasteiger partial charge on any atom is -0.224 e. The molecule has 1 atom stereocenters. The van der Waals surface area contributed by atoms with Crippen LogP contribution in [0.3, 0.4) is 0 Å². The molecule has 3 aromatic carbocycles. The van der Waals surface area contributed by atoms with Gasteiger partial charge in [0, 0.05) is 5.56 Å². The van der Waals surface area contributed by atoms with Gasteiger partial charge in [-0.15, -0.1) is 0 Å². The first-order valence-corrected chi connectivity index (χ1v) is 8.72. The SMILES string of the molecule is O=S(=O)(c1ccccc1)C(F)c1ccc(-c2ccccc2)cc1. The molecule has 0 aliphatic carbocycles. The summed E-state index contributed by atoms with van der Waals surface area (Å²) >= 11 is 0. The number of halogens is 1. The Morgan fingerprint density at radius 2 is 1.13 bits per heavy atom. The average molecular weight is 326 g/mol. The quantitative estimate of drug-likeness (QED) is 0.690. The highest BCUT2D eigenvalue weighted by Gasteiger charge is 2.28. The fraction of sp³-hybridized carbons (Fsp3) is 0.0526. The van der Waals surface area contributed by atoms with Crippen LogP contribution in [-0.2, 0) is 9.84 Å². The Labute approximate surface area is 135 Å². The number of benzene rings is 3. The lowest BCUT2D eigenvalue weighted by Crippen LogP contribution is -2.09. The van der Waals surface area contributed by atoms with E-state index in [0.717, 1.165) is 11.1 Å². The first kappa shape index (κ1) is 15.4. The van der Waals surface area contributed by atoms with Crippen molar-refractivity contribution in [2.45, 2.75) is 10.4 Å². The number of hydrogen-bond acceptors (Lipinski definition) is 2. The van der Waals surface area contributed by atoms with Crippen molar-refractivity contribution in [3.8, 4) is 11.1 Å². The predicted octanol–water partition coefficient (Wildman–Crippen LogP) is 4.80. The molecule has 3 rings (SSSR count). The van der Waals surface area contributed by atoms with Gasteiger partial charge in [-0.05, 0) is 23.3 Å². The molecule has 2 nitrogen and oxygen atoms in total. The highest BCUT2D eigenvalue weighted by Crippen LogP contribution is 2.31. The van der Waals surface area contributed by atoms with E-state index >= 15 is 0 Å². The molecule has 0 aliphatic heterocycles. The van der Waals surface area contributed by atoms with Crippen LogP contribution in [0, 0.1) is 0 Å². The van der Waals surface area contributed by atoms with Crippen molar-refractivity contribution in [3.05, 3.63) is 90.5 Å². The number of alkyl halides is 1. The molecular weight excluding hydrogens is 311 g/mol. The van der Waals surface area contributed by atoms with Gasteiger partial charge < -0.3 is 0 Å². The molecule has 116 valence electrons.